The standard InChI is InChI=1S/C10H11NO2S/c1-6-5-11-10(14-6)7-2-3-8(12)9(13)4-7/h2-4,6,12-13H,5H2,1H3. The number of hydrogen-bond acceptors (Lipinski definition) is 4. The van der Waals surface area contributed by atoms with Crippen molar-refractivity contribution >= 4 is 16.8 Å². The van der Waals surface area contributed by atoms with Gasteiger partial charge in [0.1, 0.15) is 0 Å². The molecule has 1 heterocycles. The van der Waals surface area contributed by atoms with Crippen molar-refractivity contribution in [1.82, 2.24) is 0 Å². The van der Waals surface area contributed by atoms with Crippen LogP contribution in [0.25, 0.3) is 0 Å². The summed E-state index contributed by atoms with van der Waals surface area (Å²) in [5.74, 6) is -0.184. The second-order valence-corrected chi connectivity index (χ2v) is 4.70. The second-order valence-electron chi connectivity index (χ2n) is 3.28. The molecule has 0 saturated heterocycles. The number of phenolic OH excluding ortho intramolecular Hbond substituents is 2. The fraction of sp³-hybridized carbons (Fsp3) is 0.300. The summed E-state index contributed by atoms with van der Waals surface area (Å²) in [4.78, 5) is 4.34. The summed E-state index contributed by atoms with van der Waals surface area (Å²) >= 11 is 1.69. The zero-order chi connectivity index (χ0) is 10.1. The molecule has 2 rings (SSSR count). The lowest BCUT2D eigenvalue weighted by Crippen LogP contribution is -1.95. The van der Waals surface area contributed by atoms with E-state index in [4.69, 9.17) is 5.11 Å². The van der Waals surface area contributed by atoms with E-state index in [1.165, 1.54) is 6.07 Å². The topological polar surface area (TPSA) is 52.8 Å². The smallest absolute Gasteiger partial charge is 0.158 e. The predicted octanol–water partition coefficient (Wildman–Crippen LogP) is 1.98. The van der Waals surface area contributed by atoms with Gasteiger partial charge in [-0.1, -0.05) is 6.92 Å². The Morgan fingerprint density at radius 3 is 2.71 bits per heavy atom. The van der Waals surface area contributed by atoms with E-state index in [9.17, 15) is 5.11 Å². The van der Waals surface area contributed by atoms with Crippen LogP contribution in [0.15, 0.2) is 23.2 Å². The number of benzene rings is 1. The van der Waals surface area contributed by atoms with E-state index in [1.54, 1.807) is 23.9 Å². The molecule has 14 heavy (non-hydrogen) atoms. The molecule has 74 valence electrons. The summed E-state index contributed by atoms with van der Waals surface area (Å²) in [6.07, 6.45) is 0. The van der Waals surface area contributed by atoms with E-state index >= 15 is 0 Å². The Bertz CT molecular complexity index is 390. The van der Waals surface area contributed by atoms with Crippen molar-refractivity contribution < 1.29 is 10.2 Å². The van der Waals surface area contributed by atoms with Crippen molar-refractivity contribution in [3.63, 3.8) is 0 Å². The van der Waals surface area contributed by atoms with E-state index < -0.39 is 0 Å². The highest BCUT2D eigenvalue weighted by Gasteiger charge is 2.17. The normalized spacial score (nSPS) is 20.9. The molecular formula is C10H11NO2S. The molecule has 2 N–H and O–H groups in total. The maximum atomic E-state index is 9.31. The molecule has 0 spiro atoms. The SMILES string of the molecule is CC1CN=C(c2ccc(O)c(O)c2)S1. The first-order chi connectivity index (χ1) is 6.66. The summed E-state index contributed by atoms with van der Waals surface area (Å²) < 4.78 is 0. The van der Waals surface area contributed by atoms with Crippen molar-refractivity contribution in [3.05, 3.63) is 23.8 Å². The lowest BCUT2D eigenvalue weighted by molar-refractivity contribution is 0.403. The van der Waals surface area contributed by atoms with Gasteiger partial charge in [-0.15, -0.1) is 11.8 Å². The van der Waals surface area contributed by atoms with E-state index in [1.807, 2.05) is 0 Å². The van der Waals surface area contributed by atoms with Gasteiger partial charge in [-0.2, -0.15) is 0 Å². The van der Waals surface area contributed by atoms with Crippen molar-refractivity contribution in [1.29, 1.82) is 0 Å². The average Bonchev–Trinajstić information content (AvgIpc) is 2.57. The Balaban J connectivity index is 2.30. The molecule has 1 atom stereocenters. The highest BCUT2D eigenvalue weighted by atomic mass is 32.2. The monoisotopic (exact) mass is 209 g/mol. The minimum Gasteiger partial charge on any atom is -0.504 e. The van der Waals surface area contributed by atoms with Crippen LogP contribution in [0.4, 0.5) is 0 Å². The minimum absolute atomic E-state index is 0.0922. The van der Waals surface area contributed by atoms with Crippen LogP contribution in [0.2, 0.25) is 0 Å². The number of aromatic hydroxyl groups is 2. The van der Waals surface area contributed by atoms with Crippen LogP contribution in [-0.4, -0.2) is 27.1 Å². The Kier molecular flexibility index (Phi) is 2.37. The second kappa shape index (κ2) is 3.53. The summed E-state index contributed by atoms with van der Waals surface area (Å²) in [5.41, 5.74) is 0.870. The molecule has 0 saturated carbocycles. The molecule has 0 bridgehead atoms. The molecule has 0 radical (unpaired) electrons. The number of phenols is 2. The molecule has 0 amide bonds. The molecule has 1 aromatic rings. The maximum Gasteiger partial charge on any atom is 0.158 e. The summed E-state index contributed by atoms with van der Waals surface area (Å²) in [7, 11) is 0. The maximum absolute atomic E-state index is 9.31. The van der Waals surface area contributed by atoms with Gasteiger partial charge in [-0.25, -0.2) is 0 Å². The quantitative estimate of drug-likeness (QED) is 0.695. The van der Waals surface area contributed by atoms with Gasteiger partial charge in [-0.05, 0) is 18.2 Å². The first-order valence-electron chi connectivity index (χ1n) is 4.40. The van der Waals surface area contributed by atoms with Gasteiger partial charge in [0.25, 0.3) is 0 Å². The van der Waals surface area contributed by atoms with Gasteiger partial charge in [0.15, 0.2) is 11.5 Å². The number of aliphatic imine (C=N–C) groups is 1. The van der Waals surface area contributed by atoms with E-state index in [0.717, 1.165) is 17.2 Å². The molecule has 4 heteroatoms. The van der Waals surface area contributed by atoms with Gasteiger partial charge in [0.2, 0.25) is 0 Å². The van der Waals surface area contributed by atoms with E-state index in [2.05, 4.69) is 11.9 Å². The van der Waals surface area contributed by atoms with Crippen LogP contribution in [-0.2, 0) is 0 Å². The third kappa shape index (κ3) is 1.70. The highest BCUT2D eigenvalue weighted by Crippen LogP contribution is 2.30. The minimum atomic E-state index is -0.0923. The van der Waals surface area contributed by atoms with Crippen molar-refractivity contribution in [2.45, 2.75) is 12.2 Å². The number of nitrogens with zero attached hydrogens (tertiary/aromatic N) is 1. The lowest BCUT2D eigenvalue weighted by Gasteiger charge is -2.03. The van der Waals surface area contributed by atoms with E-state index in [0.29, 0.717) is 5.25 Å². The first kappa shape index (κ1) is 9.40. The lowest BCUT2D eigenvalue weighted by atomic mass is 10.2. The van der Waals surface area contributed by atoms with Gasteiger partial charge < -0.3 is 10.2 Å². The van der Waals surface area contributed by atoms with Crippen molar-refractivity contribution in [3.8, 4) is 11.5 Å². The molecule has 1 aromatic carbocycles. The summed E-state index contributed by atoms with van der Waals surface area (Å²) in [6.45, 7) is 2.93. The van der Waals surface area contributed by atoms with Crippen LogP contribution in [0.5, 0.6) is 11.5 Å². The van der Waals surface area contributed by atoms with Gasteiger partial charge >= 0.3 is 0 Å². The molecule has 1 unspecified atom stereocenters. The largest absolute Gasteiger partial charge is 0.504 e. The molecular weight excluding hydrogens is 198 g/mol. The molecule has 0 aromatic heterocycles. The van der Waals surface area contributed by atoms with Crippen LogP contribution >= 0.6 is 11.8 Å². The first-order valence-corrected chi connectivity index (χ1v) is 5.28. The Hall–Kier alpha value is -1.16. The fourth-order valence-electron chi connectivity index (χ4n) is 1.29. The summed E-state index contributed by atoms with van der Waals surface area (Å²) in [5, 5.41) is 19.9. The third-order valence-electron chi connectivity index (χ3n) is 2.03. The molecule has 1 aliphatic heterocycles. The Morgan fingerprint density at radius 1 is 1.36 bits per heavy atom. The van der Waals surface area contributed by atoms with Crippen molar-refractivity contribution in [2.75, 3.05) is 6.54 Å². The third-order valence-corrected chi connectivity index (χ3v) is 3.17. The zero-order valence-corrected chi connectivity index (χ0v) is 8.58. The van der Waals surface area contributed by atoms with Crippen LogP contribution in [0, 0.1) is 0 Å². The number of rotatable bonds is 1. The van der Waals surface area contributed by atoms with Crippen LogP contribution in [0.3, 0.4) is 0 Å². The summed E-state index contributed by atoms with van der Waals surface area (Å²) in [6, 6.07) is 4.79. The van der Waals surface area contributed by atoms with E-state index in [-0.39, 0.29) is 11.5 Å². The van der Waals surface area contributed by atoms with Crippen molar-refractivity contribution in [2.24, 2.45) is 4.99 Å². The number of hydrogen-bond donors (Lipinski definition) is 2. The molecule has 1 aliphatic rings. The van der Waals surface area contributed by atoms with Gasteiger partial charge in [0.05, 0.1) is 11.6 Å². The van der Waals surface area contributed by atoms with Gasteiger partial charge in [-0.3, -0.25) is 4.99 Å². The van der Waals surface area contributed by atoms with Crippen LogP contribution in [0.1, 0.15) is 12.5 Å². The van der Waals surface area contributed by atoms with Gasteiger partial charge in [0, 0.05) is 10.8 Å². The van der Waals surface area contributed by atoms with Crippen LogP contribution < -0.4 is 0 Å². The number of thioether (sulfide) groups is 1. The zero-order valence-electron chi connectivity index (χ0n) is 7.77. The predicted molar refractivity (Wildman–Crippen MR) is 58.2 cm³/mol. The molecule has 0 aliphatic carbocycles. The average molecular weight is 209 g/mol. The molecule has 3 nitrogen and oxygen atoms in total. The highest BCUT2D eigenvalue weighted by molar-refractivity contribution is 8.15. The fourth-order valence-corrected chi connectivity index (χ4v) is 2.23. The molecule has 0 fully saturated rings. The Morgan fingerprint density at radius 2 is 2.14 bits per heavy atom. The Labute approximate surface area is 86.5 Å².